The molecular formula is C15H27N5O7S. The fraction of sp³-hybridized carbons (Fsp3) is 0.667. The van der Waals surface area contributed by atoms with Crippen LogP contribution < -0.4 is 27.4 Å². The van der Waals surface area contributed by atoms with Gasteiger partial charge in [-0.1, -0.05) is 0 Å². The van der Waals surface area contributed by atoms with Crippen LogP contribution in [0.1, 0.15) is 19.8 Å². The molecule has 4 amide bonds. The van der Waals surface area contributed by atoms with Gasteiger partial charge in [0.15, 0.2) is 0 Å². The fourth-order valence-electron chi connectivity index (χ4n) is 2.07. The van der Waals surface area contributed by atoms with E-state index in [1.54, 1.807) is 6.26 Å². The van der Waals surface area contributed by atoms with E-state index in [2.05, 4.69) is 16.0 Å². The van der Waals surface area contributed by atoms with Crippen molar-refractivity contribution in [2.75, 3.05) is 18.6 Å². The predicted molar refractivity (Wildman–Crippen MR) is 101 cm³/mol. The molecule has 0 heterocycles. The van der Waals surface area contributed by atoms with Crippen LogP contribution in [-0.4, -0.2) is 82.6 Å². The highest BCUT2D eigenvalue weighted by Crippen LogP contribution is 2.03. The van der Waals surface area contributed by atoms with Crippen LogP contribution in [0.3, 0.4) is 0 Å². The van der Waals surface area contributed by atoms with E-state index in [0.717, 1.165) is 0 Å². The zero-order valence-electron chi connectivity index (χ0n) is 15.6. The lowest BCUT2D eigenvalue weighted by molar-refractivity contribution is -0.142. The quantitative estimate of drug-likeness (QED) is 0.157. The molecule has 4 atom stereocenters. The maximum atomic E-state index is 12.4. The van der Waals surface area contributed by atoms with Gasteiger partial charge in [-0.2, -0.15) is 11.8 Å². The van der Waals surface area contributed by atoms with E-state index in [-0.39, 0.29) is 6.42 Å². The number of carboxylic acid groups (broad SMARTS) is 1. The molecule has 0 rings (SSSR count). The van der Waals surface area contributed by atoms with Crippen LogP contribution >= 0.6 is 11.8 Å². The van der Waals surface area contributed by atoms with Crippen LogP contribution in [0.2, 0.25) is 0 Å². The largest absolute Gasteiger partial charge is 0.480 e. The molecule has 28 heavy (non-hydrogen) atoms. The summed E-state index contributed by atoms with van der Waals surface area (Å²) in [7, 11) is 0. The Hall–Kier alpha value is -2.38. The molecule has 0 aromatic carbocycles. The third kappa shape index (κ3) is 9.53. The van der Waals surface area contributed by atoms with E-state index in [1.807, 2.05) is 0 Å². The Bertz CT molecular complexity index is 587. The van der Waals surface area contributed by atoms with Crippen LogP contribution in [0.4, 0.5) is 0 Å². The zero-order valence-corrected chi connectivity index (χ0v) is 16.5. The average Bonchev–Trinajstić information content (AvgIpc) is 2.60. The Kier molecular flexibility index (Phi) is 11.8. The van der Waals surface area contributed by atoms with Gasteiger partial charge < -0.3 is 37.6 Å². The number of nitrogens with two attached hydrogens (primary N) is 2. The first kappa shape index (κ1) is 25.6. The van der Waals surface area contributed by atoms with Gasteiger partial charge in [0.2, 0.25) is 23.6 Å². The number of hydrogen-bond donors (Lipinski definition) is 7. The highest BCUT2D eigenvalue weighted by molar-refractivity contribution is 7.98. The average molecular weight is 421 g/mol. The number of amides is 4. The van der Waals surface area contributed by atoms with Crippen LogP contribution in [-0.2, 0) is 24.0 Å². The van der Waals surface area contributed by atoms with Crippen molar-refractivity contribution in [1.82, 2.24) is 16.0 Å². The van der Waals surface area contributed by atoms with Gasteiger partial charge in [0.25, 0.3) is 0 Å². The van der Waals surface area contributed by atoms with Crippen molar-refractivity contribution in [3.05, 3.63) is 0 Å². The standard InChI is InChI=1S/C15H27N5O7S/c1-7(21)12(20-11(23)6-16)14(25)19-9(5-10(17)22)13(24)18-8(15(26)27)3-4-28-2/h7-9,12,21H,3-6,16H2,1-2H3,(H2,17,22)(H,18,24)(H,19,25)(H,20,23)(H,26,27). The van der Waals surface area contributed by atoms with E-state index in [0.29, 0.717) is 5.75 Å². The highest BCUT2D eigenvalue weighted by atomic mass is 32.2. The second kappa shape index (κ2) is 12.9. The topological polar surface area (TPSA) is 214 Å². The highest BCUT2D eigenvalue weighted by Gasteiger charge is 2.32. The first-order valence-electron chi connectivity index (χ1n) is 8.31. The van der Waals surface area contributed by atoms with Gasteiger partial charge in [0.1, 0.15) is 18.1 Å². The molecule has 0 aliphatic heterocycles. The van der Waals surface area contributed by atoms with Crippen molar-refractivity contribution in [3.63, 3.8) is 0 Å². The maximum Gasteiger partial charge on any atom is 0.326 e. The predicted octanol–water partition coefficient (Wildman–Crippen LogP) is -3.51. The molecule has 160 valence electrons. The first-order chi connectivity index (χ1) is 13.0. The molecule has 0 radical (unpaired) electrons. The second-order valence-electron chi connectivity index (χ2n) is 5.90. The Morgan fingerprint density at radius 3 is 2.04 bits per heavy atom. The number of hydrogen-bond acceptors (Lipinski definition) is 8. The van der Waals surface area contributed by atoms with Gasteiger partial charge in [-0.05, 0) is 25.4 Å². The number of nitrogens with one attached hydrogen (secondary N) is 3. The number of aliphatic carboxylic acids is 1. The van der Waals surface area contributed by atoms with Gasteiger partial charge in [-0.3, -0.25) is 19.2 Å². The minimum atomic E-state index is -1.49. The summed E-state index contributed by atoms with van der Waals surface area (Å²) in [6, 6.07) is -4.15. The Morgan fingerprint density at radius 1 is 1.04 bits per heavy atom. The van der Waals surface area contributed by atoms with Crippen LogP contribution in [0, 0.1) is 0 Å². The van der Waals surface area contributed by atoms with E-state index in [4.69, 9.17) is 11.5 Å². The van der Waals surface area contributed by atoms with Gasteiger partial charge >= 0.3 is 5.97 Å². The maximum absolute atomic E-state index is 12.4. The van der Waals surface area contributed by atoms with Crippen molar-refractivity contribution >= 4 is 41.4 Å². The number of thioether (sulfide) groups is 1. The molecule has 4 unspecified atom stereocenters. The minimum absolute atomic E-state index is 0.127. The number of primary amides is 1. The Morgan fingerprint density at radius 2 is 1.61 bits per heavy atom. The van der Waals surface area contributed by atoms with Crippen LogP contribution in [0.5, 0.6) is 0 Å². The molecule has 0 bridgehead atoms. The third-order valence-electron chi connectivity index (χ3n) is 3.53. The molecule has 0 aliphatic rings. The summed E-state index contributed by atoms with van der Waals surface area (Å²) in [6.07, 6.45) is -0.0458. The zero-order chi connectivity index (χ0) is 21.9. The summed E-state index contributed by atoms with van der Waals surface area (Å²) >= 11 is 1.38. The van der Waals surface area contributed by atoms with Crippen molar-refractivity contribution in [1.29, 1.82) is 0 Å². The monoisotopic (exact) mass is 421 g/mol. The summed E-state index contributed by atoms with van der Waals surface area (Å²) < 4.78 is 0. The number of carboxylic acids is 1. The molecule has 0 saturated carbocycles. The number of aliphatic hydroxyl groups is 1. The van der Waals surface area contributed by atoms with Crippen molar-refractivity contribution in [2.45, 2.75) is 44.0 Å². The Labute approximate surface area is 166 Å². The summed E-state index contributed by atoms with van der Waals surface area (Å²) in [4.78, 5) is 58.7. The van der Waals surface area contributed by atoms with E-state index in [9.17, 15) is 34.2 Å². The number of rotatable bonds is 13. The van der Waals surface area contributed by atoms with E-state index in [1.165, 1.54) is 18.7 Å². The number of carbonyl (C=O) groups is 5. The Balaban J connectivity index is 5.29. The summed E-state index contributed by atoms with van der Waals surface area (Å²) in [5.41, 5.74) is 10.2. The fourth-order valence-corrected chi connectivity index (χ4v) is 2.55. The van der Waals surface area contributed by atoms with Crippen molar-refractivity contribution < 1.29 is 34.2 Å². The molecule has 0 aromatic heterocycles. The van der Waals surface area contributed by atoms with Crippen molar-refractivity contribution in [2.24, 2.45) is 11.5 Å². The normalized spacial score (nSPS) is 14.9. The molecule has 13 heteroatoms. The van der Waals surface area contributed by atoms with Crippen LogP contribution in [0.15, 0.2) is 0 Å². The number of carbonyl (C=O) groups excluding carboxylic acids is 4. The molecular weight excluding hydrogens is 394 g/mol. The van der Waals surface area contributed by atoms with E-state index < -0.39 is 66.8 Å². The summed E-state index contributed by atoms with van der Waals surface area (Å²) in [6.45, 7) is 0.796. The second-order valence-corrected chi connectivity index (χ2v) is 6.89. The molecule has 12 nitrogen and oxygen atoms in total. The molecule has 0 spiro atoms. The van der Waals surface area contributed by atoms with Crippen LogP contribution in [0.25, 0.3) is 0 Å². The molecule has 0 aromatic rings. The van der Waals surface area contributed by atoms with Gasteiger partial charge in [-0.15, -0.1) is 0 Å². The summed E-state index contributed by atoms with van der Waals surface area (Å²) in [5.74, 6) is -4.36. The van der Waals surface area contributed by atoms with Gasteiger partial charge in [0, 0.05) is 0 Å². The molecule has 0 aliphatic carbocycles. The third-order valence-corrected chi connectivity index (χ3v) is 4.17. The van der Waals surface area contributed by atoms with Gasteiger partial charge in [0.05, 0.1) is 19.1 Å². The molecule has 0 saturated heterocycles. The minimum Gasteiger partial charge on any atom is -0.480 e. The number of aliphatic hydroxyl groups excluding tert-OH is 1. The van der Waals surface area contributed by atoms with E-state index >= 15 is 0 Å². The smallest absolute Gasteiger partial charge is 0.326 e. The SMILES string of the molecule is CSCCC(NC(=O)C(CC(N)=O)NC(=O)C(NC(=O)CN)C(C)O)C(=O)O. The van der Waals surface area contributed by atoms with Gasteiger partial charge in [-0.25, -0.2) is 4.79 Å². The first-order valence-corrected chi connectivity index (χ1v) is 9.71. The van der Waals surface area contributed by atoms with Crippen molar-refractivity contribution in [3.8, 4) is 0 Å². The lowest BCUT2D eigenvalue weighted by atomic mass is 10.1. The molecule has 0 fully saturated rings. The lowest BCUT2D eigenvalue weighted by Crippen LogP contribution is -2.59. The lowest BCUT2D eigenvalue weighted by Gasteiger charge is -2.25. The summed E-state index contributed by atoms with van der Waals surface area (Å²) in [5, 5.41) is 25.5. The molecule has 9 N–H and O–H groups in total.